The van der Waals surface area contributed by atoms with Crippen molar-refractivity contribution in [3.63, 3.8) is 0 Å². The number of non-ortho nitro benzene ring substituents is 1. The topological polar surface area (TPSA) is 131 Å². The summed E-state index contributed by atoms with van der Waals surface area (Å²) in [5, 5.41) is 24.6. The van der Waals surface area contributed by atoms with Gasteiger partial charge in [-0.15, -0.1) is 0 Å². The Kier molecular flexibility index (Phi) is 6.12. The van der Waals surface area contributed by atoms with Crippen molar-refractivity contribution in [3.05, 3.63) is 106 Å². The number of benzene rings is 3. The zero-order chi connectivity index (χ0) is 23.2. The third kappa shape index (κ3) is 5.05. The summed E-state index contributed by atoms with van der Waals surface area (Å²) in [6.07, 6.45) is 1.11. The molecule has 33 heavy (non-hydrogen) atoms. The van der Waals surface area contributed by atoms with Crippen LogP contribution in [0.15, 0.2) is 90.0 Å². The van der Waals surface area contributed by atoms with Gasteiger partial charge in [-0.2, -0.15) is 5.10 Å². The van der Waals surface area contributed by atoms with Crippen LogP contribution in [0.25, 0.3) is 22.5 Å². The molecule has 162 valence electrons. The van der Waals surface area contributed by atoms with Gasteiger partial charge in [-0.25, -0.2) is 15.4 Å². The van der Waals surface area contributed by atoms with Gasteiger partial charge in [0.25, 0.3) is 5.69 Å². The molecule has 4 aromatic rings. The Morgan fingerprint density at radius 1 is 0.909 bits per heavy atom. The maximum atomic E-state index is 12.7. The summed E-state index contributed by atoms with van der Waals surface area (Å²) >= 11 is 0. The van der Waals surface area contributed by atoms with E-state index >= 15 is 0 Å². The fourth-order valence-electron chi connectivity index (χ4n) is 3.03. The molecule has 0 saturated heterocycles. The predicted octanol–water partition coefficient (Wildman–Crippen LogP) is 4.19. The van der Waals surface area contributed by atoms with Crippen LogP contribution in [0.2, 0.25) is 0 Å². The number of hydrogen-bond donors (Lipinski definition) is 2. The van der Waals surface area contributed by atoms with Crippen molar-refractivity contribution in [2.24, 2.45) is 5.10 Å². The first-order valence-electron chi connectivity index (χ1n) is 9.82. The van der Waals surface area contributed by atoms with E-state index in [1.165, 1.54) is 12.1 Å². The Bertz CT molecular complexity index is 1280. The van der Waals surface area contributed by atoms with Gasteiger partial charge >= 0.3 is 5.91 Å². The lowest BCUT2D eigenvalue weighted by Gasteiger charge is -2.08. The third-order valence-corrected chi connectivity index (χ3v) is 4.66. The molecule has 1 aromatic heterocycles. The SMILES string of the molecule is O=C(NN=Cc1cc([N+](=O)[O-])ccc1O)c1nc(-c2ccccc2)cc(-c2ccccc2)n1. The molecule has 0 bridgehead atoms. The molecule has 3 aromatic carbocycles. The number of amides is 1. The molecule has 0 aliphatic rings. The molecule has 0 radical (unpaired) electrons. The number of hydrazone groups is 1. The van der Waals surface area contributed by atoms with Gasteiger partial charge in [0, 0.05) is 28.8 Å². The van der Waals surface area contributed by atoms with Gasteiger partial charge in [0.15, 0.2) is 0 Å². The average molecular weight is 439 g/mol. The van der Waals surface area contributed by atoms with Crippen LogP contribution < -0.4 is 5.43 Å². The van der Waals surface area contributed by atoms with E-state index in [1.54, 1.807) is 6.07 Å². The maximum absolute atomic E-state index is 12.7. The Labute approximate surface area is 188 Å². The first-order valence-corrected chi connectivity index (χ1v) is 9.82. The number of aromatic nitrogens is 2. The van der Waals surface area contributed by atoms with Crippen LogP contribution in [0.5, 0.6) is 5.75 Å². The van der Waals surface area contributed by atoms with Gasteiger partial charge in [0.1, 0.15) is 5.75 Å². The van der Waals surface area contributed by atoms with Crippen LogP contribution in [0.3, 0.4) is 0 Å². The van der Waals surface area contributed by atoms with Crippen molar-refractivity contribution >= 4 is 17.8 Å². The fourth-order valence-corrected chi connectivity index (χ4v) is 3.03. The van der Waals surface area contributed by atoms with Gasteiger partial charge in [0.2, 0.25) is 5.82 Å². The number of carbonyl (C=O) groups excluding carboxylic acids is 1. The molecule has 4 rings (SSSR count). The molecule has 0 atom stereocenters. The van der Waals surface area contributed by atoms with Crippen molar-refractivity contribution in [2.45, 2.75) is 0 Å². The number of nitro groups is 1. The Morgan fingerprint density at radius 3 is 2.03 bits per heavy atom. The molecule has 0 saturated carbocycles. The highest BCUT2D eigenvalue weighted by molar-refractivity contribution is 5.93. The van der Waals surface area contributed by atoms with Crippen molar-refractivity contribution < 1.29 is 14.8 Å². The molecule has 0 unspecified atom stereocenters. The Balaban J connectivity index is 1.64. The van der Waals surface area contributed by atoms with Gasteiger partial charge in [-0.05, 0) is 12.1 Å². The van der Waals surface area contributed by atoms with Gasteiger partial charge < -0.3 is 5.11 Å². The first kappa shape index (κ1) is 21.3. The number of carbonyl (C=O) groups is 1. The summed E-state index contributed by atoms with van der Waals surface area (Å²) in [4.78, 5) is 31.8. The molecule has 0 spiro atoms. The summed E-state index contributed by atoms with van der Waals surface area (Å²) in [6, 6.07) is 24.0. The van der Waals surface area contributed by atoms with Crippen molar-refractivity contribution in [1.82, 2.24) is 15.4 Å². The smallest absolute Gasteiger partial charge is 0.309 e. The highest BCUT2D eigenvalue weighted by Gasteiger charge is 2.15. The molecule has 9 nitrogen and oxygen atoms in total. The highest BCUT2D eigenvalue weighted by atomic mass is 16.6. The van der Waals surface area contributed by atoms with E-state index in [0.29, 0.717) is 11.4 Å². The molecule has 1 heterocycles. The number of nitrogens with one attached hydrogen (secondary N) is 1. The lowest BCUT2D eigenvalue weighted by molar-refractivity contribution is -0.384. The molecule has 0 fully saturated rings. The molecule has 9 heteroatoms. The quantitative estimate of drug-likeness (QED) is 0.263. The van der Waals surface area contributed by atoms with Crippen molar-refractivity contribution in [1.29, 1.82) is 0 Å². The second-order valence-corrected chi connectivity index (χ2v) is 6.89. The van der Waals surface area contributed by atoms with Crippen molar-refractivity contribution in [3.8, 4) is 28.3 Å². The Hall–Kier alpha value is -4.92. The number of phenols is 1. The average Bonchev–Trinajstić information content (AvgIpc) is 2.85. The van der Waals surface area contributed by atoms with E-state index in [-0.39, 0.29) is 22.8 Å². The molecular formula is C24H17N5O4. The maximum Gasteiger partial charge on any atom is 0.309 e. The number of aromatic hydroxyl groups is 1. The minimum Gasteiger partial charge on any atom is -0.507 e. The van der Waals surface area contributed by atoms with Crippen LogP contribution in [0, 0.1) is 10.1 Å². The third-order valence-electron chi connectivity index (χ3n) is 4.66. The zero-order valence-corrected chi connectivity index (χ0v) is 17.1. The van der Waals surface area contributed by atoms with E-state index in [0.717, 1.165) is 23.4 Å². The van der Waals surface area contributed by atoms with Crippen LogP contribution in [-0.2, 0) is 0 Å². The second-order valence-electron chi connectivity index (χ2n) is 6.89. The monoisotopic (exact) mass is 439 g/mol. The van der Waals surface area contributed by atoms with Crippen LogP contribution in [0.1, 0.15) is 16.2 Å². The van der Waals surface area contributed by atoms with E-state index < -0.39 is 10.8 Å². The lowest BCUT2D eigenvalue weighted by atomic mass is 10.1. The van der Waals surface area contributed by atoms with E-state index in [4.69, 9.17) is 0 Å². The largest absolute Gasteiger partial charge is 0.507 e. The van der Waals surface area contributed by atoms with Crippen LogP contribution in [-0.4, -0.2) is 32.1 Å². The summed E-state index contributed by atoms with van der Waals surface area (Å²) in [6.45, 7) is 0. The van der Waals surface area contributed by atoms with E-state index in [2.05, 4.69) is 20.5 Å². The summed E-state index contributed by atoms with van der Waals surface area (Å²) < 4.78 is 0. The predicted molar refractivity (Wildman–Crippen MR) is 123 cm³/mol. The van der Waals surface area contributed by atoms with Crippen molar-refractivity contribution in [2.75, 3.05) is 0 Å². The standard InChI is InChI=1S/C24H17N5O4/c30-22-12-11-19(29(32)33)13-18(22)15-25-28-24(31)23-26-20(16-7-3-1-4-8-16)14-21(27-23)17-9-5-2-6-10-17/h1-15,30H,(H,28,31). The molecule has 2 N–H and O–H groups in total. The molecule has 1 amide bonds. The summed E-state index contributed by atoms with van der Waals surface area (Å²) in [5.41, 5.74) is 4.93. The summed E-state index contributed by atoms with van der Waals surface area (Å²) in [5.74, 6) is -0.992. The highest BCUT2D eigenvalue weighted by Crippen LogP contribution is 2.24. The Morgan fingerprint density at radius 2 is 1.48 bits per heavy atom. The number of hydrogen-bond acceptors (Lipinski definition) is 7. The zero-order valence-electron chi connectivity index (χ0n) is 17.1. The minimum absolute atomic E-state index is 0.0772. The van der Waals surface area contributed by atoms with E-state index in [1.807, 2.05) is 60.7 Å². The first-order chi connectivity index (χ1) is 16.0. The lowest BCUT2D eigenvalue weighted by Crippen LogP contribution is -2.21. The van der Waals surface area contributed by atoms with Gasteiger partial charge in [0.05, 0.1) is 22.5 Å². The number of rotatable bonds is 6. The number of nitro benzene ring substituents is 1. The molecule has 0 aliphatic carbocycles. The van der Waals surface area contributed by atoms with E-state index in [9.17, 15) is 20.0 Å². The fraction of sp³-hybridized carbons (Fsp3) is 0. The number of nitrogens with zero attached hydrogens (tertiary/aromatic N) is 4. The molecular weight excluding hydrogens is 422 g/mol. The van der Waals surface area contributed by atoms with Gasteiger partial charge in [-0.1, -0.05) is 60.7 Å². The van der Waals surface area contributed by atoms with Crippen LogP contribution >= 0.6 is 0 Å². The van der Waals surface area contributed by atoms with Crippen LogP contribution in [0.4, 0.5) is 5.69 Å². The second kappa shape index (κ2) is 9.48. The minimum atomic E-state index is -0.675. The normalized spacial score (nSPS) is 10.8. The number of phenolic OH excluding ortho intramolecular Hbond substituents is 1. The van der Waals surface area contributed by atoms with Gasteiger partial charge in [-0.3, -0.25) is 14.9 Å². The summed E-state index contributed by atoms with van der Waals surface area (Å²) in [7, 11) is 0. The molecule has 0 aliphatic heterocycles.